The molecular formula is C14H8ClN3O3. The zero-order valence-corrected chi connectivity index (χ0v) is 11.3. The van der Waals surface area contributed by atoms with Gasteiger partial charge in [0.1, 0.15) is 0 Å². The van der Waals surface area contributed by atoms with Gasteiger partial charge in [0.05, 0.1) is 15.5 Å². The van der Waals surface area contributed by atoms with E-state index in [0.29, 0.717) is 27.9 Å². The molecule has 104 valence electrons. The SMILES string of the molecule is O=[N+]([O-])c1ccc(-c2noc(-c3ccccc3Cl)n2)cc1. The summed E-state index contributed by atoms with van der Waals surface area (Å²) in [5.41, 5.74) is 1.27. The molecule has 0 spiro atoms. The van der Waals surface area contributed by atoms with Crippen molar-refractivity contribution in [2.75, 3.05) is 0 Å². The molecule has 3 rings (SSSR count). The van der Waals surface area contributed by atoms with E-state index in [-0.39, 0.29) is 5.69 Å². The number of nitro groups is 1. The molecule has 1 heterocycles. The third-order valence-electron chi connectivity index (χ3n) is 2.87. The molecule has 21 heavy (non-hydrogen) atoms. The summed E-state index contributed by atoms with van der Waals surface area (Å²) in [6, 6.07) is 13.0. The molecule has 0 aliphatic rings. The topological polar surface area (TPSA) is 82.1 Å². The van der Waals surface area contributed by atoms with E-state index in [1.807, 2.05) is 6.07 Å². The fourth-order valence-corrected chi connectivity index (χ4v) is 2.03. The lowest BCUT2D eigenvalue weighted by Crippen LogP contribution is -1.87. The lowest BCUT2D eigenvalue weighted by atomic mass is 10.2. The van der Waals surface area contributed by atoms with E-state index >= 15 is 0 Å². The Bertz CT molecular complexity index is 799. The summed E-state index contributed by atoms with van der Waals surface area (Å²) in [4.78, 5) is 14.4. The Balaban J connectivity index is 1.95. The molecule has 0 bridgehead atoms. The van der Waals surface area contributed by atoms with Gasteiger partial charge < -0.3 is 4.52 Å². The van der Waals surface area contributed by atoms with Crippen molar-refractivity contribution < 1.29 is 9.45 Å². The number of aromatic nitrogens is 2. The van der Waals surface area contributed by atoms with E-state index in [1.54, 1.807) is 30.3 Å². The van der Waals surface area contributed by atoms with Crippen LogP contribution in [0.3, 0.4) is 0 Å². The molecule has 0 atom stereocenters. The smallest absolute Gasteiger partial charge is 0.269 e. The zero-order chi connectivity index (χ0) is 14.8. The van der Waals surface area contributed by atoms with Crippen LogP contribution in [0.15, 0.2) is 53.1 Å². The molecule has 7 heteroatoms. The molecule has 6 nitrogen and oxygen atoms in total. The second-order valence-corrected chi connectivity index (χ2v) is 4.61. The minimum Gasteiger partial charge on any atom is -0.334 e. The van der Waals surface area contributed by atoms with Gasteiger partial charge in [-0.1, -0.05) is 28.9 Å². The molecule has 1 aromatic heterocycles. The summed E-state index contributed by atoms with van der Waals surface area (Å²) in [5, 5.41) is 15.0. The van der Waals surface area contributed by atoms with E-state index in [4.69, 9.17) is 16.1 Å². The maximum Gasteiger partial charge on any atom is 0.269 e. The van der Waals surface area contributed by atoms with Crippen LogP contribution in [0.1, 0.15) is 0 Å². The van der Waals surface area contributed by atoms with Crippen molar-refractivity contribution in [2.45, 2.75) is 0 Å². The van der Waals surface area contributed by atoms with Crippen molar-refractivity contribution in [3.63, 3.8) is 0 Å². The largest absolute Gasteiger partial charge is 0.334 e. The average Bonchev–Trinajstić information content (AvgIpc) is 2.97. The van der Waals surface area contributed by atoms with Gasteiger partial charge in [0, 0.05) is 17.7 Å². The maximum atomic E-state index is 10.6. The Hall–Kier alpha value is -2.73. The molecule has 0 aliphatic heterocycles. The molecule has 0 N–H and O–H groups in total. The van der Waals surface area contributed by atoms with Gasteiger partial charge in [-0.3, -0.25) is 10.1 Å². The summed E-state index contributed by atoms with van der Waals surface area (Å²) in [5.74, 6) is 0.647. The highest BCUT2D eigenvalue weighted by atomic mass is 35.5. The number of nitro benzene ring substituents is 1. The van der Waals surface area contributed by atoms with Crippen molar-refractivity contribution in [3.05, 3.63) is 63.7 Å². The van der Waals surface area contributed by atoms with Crippen LogP contribution in [-0.4, -0.2) is 15.1 Å². The summed E-state index contributed by atoms with van der Waals surface area (Å²) in [6.45, 7) is 0. The second kappa shape index (κ2) is 5.34. The van der Waals surface area contributed by atoms with Gasteiger partial charge in [0.25, 0.3) is 11.6 Å². The summed E-state index contributed by atoms with van der Waals surface area (Å²) in [7, 11) is 0. The summed E-state index contributed by atoms with van der Waals surface area (Å²) >= 11 is 6.07. The van der Waals surface area contributed by atoms with Gasteiger partial charge in [-0.25, -0.2) is 0 Å². The van der Waals surface area contributed by atoms with Crippen molar-refractivity contribution in [2.24, 2.45) is 0 Å². The van der Waals surface area contributed by atoms with Crippen molar-refractivity contribution in [1.29, 1.82) is 0 Å². The van der Waals surface area contributed by atoms with Crippen molar-refractivity contribution >= 4 is 17.3 Å². The van der Waals surface area contributed by atoms with Crippen LogP contribution in [0.25, 0.3) is 22.8 Å². The molecule has 0 radical (unpaired) electrons. The van der Waals surface area contributed by atoms with Gasteiger partial charge in [0.15, 0.2) is 0 Å². The van der Waals surface area contributed by atoms with E-state index in [9.17, 15) is 10.1 Å². The van der Waals surface area contributed by atoms with Gasteiger partial charge in [-0.05, 0) is 24.3 Å². The van der Waals surface area contributed by atoms with E-state index in [1.165, 1.54) is 12.1 Å². The van der Waals surface area contributed by atoms with Crippen molar-refractivity contribution in [3.8, 4) is 22.8 Å². The number of hydrogen-bond acceptors (Lipinski definition) is 5. The highest BCUT2D eigenvalue weighted by molar-refractivity contribution is 6.33. The number of non-ortho nitro benzene ring substituents is 1. The minimum absolute atomic E-state index is 0.00794. The Morgan fingerprint density at radius 3 is 2.48 bits per heavy atom. The van der Waals surface area contributed by atoms with E-state index < -0.39 is 4.92 Å². The average molecular weight is 302 g/mol. The first kappa shape index (κ1) is 13.3. The highest BCUT2D eigenvalue weighted by Gasteiger charge is 2.14. The molecule has 0 unspecified atom stereocenters. The molecule has 0 saturated carbocycles. The van der Waals surface area contributed by atoms with Gasteiger partial charge in [0.2, 0.25) is 5.82 Å². The minimum atomic E-state index is -0.463. The van der Waals surface area contributed by atoms with Crippen LogP contribution in [0.4, 0.5) is 5.69 Å². The predicted molar refractivity (Wildman–Crippen MR) is 76.8 cm³/mol. The number of benzene rings is 2. The van der Waals surface area contributed by atoms with Gasteiger partial charge in [-0.2, -0.15) is 4.98 Å². The molecule has 3 aromatic rings. The van der Waals surface area contributed by atoms with Crippen LogP contribution in [0.5, 0.6) is 0 Å². The molecular weight excluding hydrogens is 294 g/mol. The van der Waals surface area contributed by atoms with Gasteiger partial charge >= 0.3 is 0 Å². The fourth-order valence-electron chi connectivity index (χ4n) is 1.82. The van der Waals surface area contributed by atoms with Crippen LogP contribution in [0, 0.1) is 10.1 Å². The van der Waals surface area contributed by atoms with E-state index in [2.05, 4.69) is 10.1 Å². The Kier molecular flexibility index (Phi) is 3.37. The first-order valence-electron chi connectivity index (χ1n) is 5.98. The molecule has 0 amide bonds. The standard InChI is InChI=1S/C14H8ClN3O3/c15-12-4-2-1-3-11(12)14-16-13(17-21-14)9-5-7-10(8-6-9)18(19)20/h1-8H. The number of halogens is 1. The highest BCUT2D eigenvalue weighted by Crippen LogP contribution is 2.28. The molecule has 2 aromatic carbocycles. The Labute approximate surface area is 124 Å². The van der Waals surface area contributed by atoms with Crippen molar-refractivity contribution in [1.82, 2.24) is 10.1 Å². The maximum absolute atomic E-state index is 10.6. The van der Waals surface area contributed by atoms with Crippen LogP contribution in [-0.2, 0) is 0 Å². The van der Waals surface area contributed by atoms with E-state index in [0.717, 1.165) is 0 Å². The molecule has 0 aliphatic carbocycles. The zero-order valence-electron chi connectivity index (χ0n) is 10.6. The third-order valence-corrected chi connectivity index (χ3v) is 3.20. The summed E-state index contributed by atoms with van der Waals surface area (Å²) < 4.78 is 5.18. The lowest BCUT2D eigenvalue weighted by Gasteiger charge is -1.96. The normalized spacial score (nSPS) is 10.5. The fraction of sp³-hybridized carbons (Fsp3) is 0. The third kappa shape index (κ3) is 2.61. The predicted octanol–water partition coefficient (Wildman–Crippen LogP) is 3.97. The van der Waals surface area contributed by atoms with Gasteiger partial charge in [-0.15, -0.1) is 0 Å². The number of hydrogen-bond donors (Lipinski definition) is 0. The Morgan fingerprint density at radius 2 is 1.81 bits per heavy atom. The second-order valence-electron chi connectivity index (χ2n) is 4.21. The first-order chi connectivity index (χ1) is 10.1. The van der Waals surface area contributed by atoms with Crippen LogP contribution < -0.4 is 0 Å². The Morgan fingerprint density at radius 1 is 1.10 bits per heavy atom. The number of rotatable bonds is 3. The first-order valence-corrected chi connectivity index (χ1v) is 6.36. The summed E-state index contributed by atoms with van der Waals surface area (Å²) in [6.07, 6.45) is 0. The number of nitrogens with zero attached hydrogens (tertiary/aromatic N) is 3. The molecule has 0 fully saturated rings. The van der Waals surface area contributed by atoms with Crippen LogP contribution >= 0.6 is 11.6 Å². The van der Waals surface area contributed by atoms with Crippen LogP contribution in [0.2, 0.25) is 5.02 Å². The molecule has 0 saturated heterocycles. The lowest BCUT2D eigenvalue weighted by molar-refractivity contribution is -0.384. The quantitative estimate of drug-likeness (QED) is 0.540. The monoisotopic (exact) mass is 301 g/mol.